The lowest BCUT2D eigenvalue weighted by molar-refractivity contribution is -0.150. The summed E-state index contributed by atoms with van der Waals surface area (Å²) in [4.78, 5) is 81.8. The maximum absolute atomic E-state index is 12.7. The number of hydrogen-bond acceptors (Lipinski definition) is 12. The zero-order valence-electron chi connectivity index (χ0n) is 34.2. The number of hydrogen-bond donors (Lipinski definition) is 5. The number of benzene rings is 2. The number of carboxylic acids is 3. The van der Waals surface area contributed by atoms with Crippen molar-refractivity contribution in [3.05, 3.63) is 104 Å². The van der Waals surface area contributed by atoms with Crippen molar-refractivity contribution >= 4 is 64.9 Å². The molecule has 16 nitrogen and oxygen atoms in total. The van der Waals surface area contributed by atoms with Crippen molar-refractivity contribution in [1.82, 2.24) is 15.5 Å². The molecule has 0 aliphatic carbocycles. The van der Waals surface area contributed by atoms with Crippen molar-refractivity contribution in [2.24, 2.45) is 0 Å². The van der Waals surface area contributed by atoms with Gasteiger partial charge in [-0.15, -0.1) is 0 Å². The summed E-state index contributed by atoms with van der Waals surface area (Å²) in [5.74, 6) is -6.01. The fourth-order valence-corrected chi connectivity index (χ4v) is 6.84. The lowest BCUT2D eigenvalue weighted by Gasteiger charge is -2.30. The van der Waals surface area contributed by atoms with Crippen molar-refractivity contribution in [3.8, 4) is 0 Å². The van der Waals surface area contributed by atoms with Gasteiger partial charge in [0.15, 0.2) is 0 Å². The van der Waals surface area contributed by atoms with Crippen LogP contribution in [0.25, 0.3) is 0 Å². The van der Waals surface area contributed by atoms with Gasteiger partial charge in [0.25, 0.3) is 0 Å². The fourth-order valence-electron chi connectivity index (χ4n) is 6.43. The van der Waals surface area contributed by atoms with Crippen LogP contribution in [0.15, 0.2) is 83.2 Å². The molecule has 5 N–H and O–H groups in total. The topological polar surface area (TPSA) is 235 Å². The molecular weight excluding hydrogens is 825 g/mol. The van der Waals surface area contributed by atoms with Gasteiger partial charge in [-0.1, -0.05) is 65.7 Å². The maximum Gasteiger partial charge on any atom is 0.336 e. The van der Waals surface area contributed by atoms with E-state index < -0.39 is 59.9 Å². The lowest BCUT2D eigenvalue weighted by Crippen LogP contribution is -2.53. The van der Waals surface area contributed by atoms with Gasteiger partial charge in [0.05, 0.1) is 53.5 Å². The van der Waals surface area contributed by atoms with E-state index in [0.29, 0.717) is 77.5 Å². The van der Waals surface area contributed by atoms with Crippen molar-refractivity contribution in [2.45, 2.75) is 84.3 Å². The van der Waals surface area contributed by atoms with Crippen molar-refractivity contribution in [2.75, 3.05) is 26.9 Å². The van der Waals surface area contributed by atoms with Crippen LogP contribution in [-0.2, 0) is 54.2 Å². The maximum atomic E-state index is 12.7. The number of amides is 1. The number of carboxylic acid groups (broad SMARTS) is 3. The number of methoxy groups -OCH3 is 1. The first-order chi connectivity index (χ1) is 28.4. The third-order valence-electron chi connectivity index (χ3n) is 9.10. The summed E-state index contributed by atoms with van der Waals surface area (Å²) in [7, 11) is 1.29. The first kappa shape index (κ1) is 50.4. The smallest absolute Gasteiger partial charge is 0.336 e. The number of allylic oxidation sites excluding steroid dienone is 2. The Labute approximate surface area is 358 Å². The number of rotatable bonds is 15. The van der Waals surface area contributed by atoms with Crippen LogP contribution >= 0.6 is 23.2 Å². The second kappa shape index (κ2) is 25.0. The number of halogens is 2. The molecule has 0 saturated carbocycles. The molecule has 2 aromatic rings. The van der Waals surface area contributed by atoms with Crippen LogP contribution in [0, 0.1) is 0 Å². The third-order valence-corrected chi connectivity index (χ3v) is 9.93. The monoisotopic (exact) mass is 875 g/mol. The number of nitrogens with zero attached hydrogens (tertiary/aromatic N) is 1. The van der Waals surface area contributed by atoms with Gasteiger partial charge in [-0.25, -0.2) is 24.0 Å². The van der Waals surface area contributed by atoms with Crippen LogP contribution in [0.5, 0.6) is 0 Å². The summed E-state index contributed by atoms with van der Waals surface area (Å²) < 4.78 is 15.2. The predicted octanol–water partition coefficient (Wildman–Crippen LogP) is 5.28. The van der Waals surface area contributed by atoms with E-state index in [4.69, 9.17) is 47.6 Å². The van der Waals surface area contributed by atoms with Crippen LogP contribution in [0.1, 0.15) is 70.9 Å². The van der Waals surface area contributed by atoms with Gasteiger partial charge in [-0.05, 0) is 77.5 Å². The minimum absolute atomic E-state index is 0.210. The number of aliphatic carboxylic acids is 3. The van der Waals surface area contributed by atoms with Crippen molar-refractivity contribution in [1.29, 1.82) is 0 Å². The highest BCUT2D eigenvalue weighted by Crippen LogP contribution is 2.43. The Bertz CT molecular complexity index is 1950. The Morgan fingerprint density at radius 3 is 1.98 bits per heavy atom. The third kappa shape index (κ3) is 14.8. The molecule has 2 aliphatic heterocycles. The van der Waals surface area contributed by atoms with E-state index in [9.17, 15) is 38.7 Å². The summed E-state index contributed by atoms with van der Waals surface area (Å²) in [6, 6.07) is 12.8. The molecule has 4 rings (SSSR count). The van der Waals surface area contributed by atoms with E-state index in [2.05, 4.69) is 10.6 Å². The number of carbonyl (C=O) groups is 7. The average Bonchev–Trinajstić information content (AvgIpc) is 3.71. The number of dihydropyridines is 1. The minimum Gasteiger partial charge on any atom is -0.480 e. The van der Waals surface area contributed by atoms with Gasteiger partial charge >= 0.3 is 35.8 Å². The van der Waals surface area contributed by atoms with E-state index in [1.165, 1.54) is 12.0 Å². The molecular formula is C42H51Cl2N3O13. The Kier molecular flexibility index (Phi) is 21.0. The molecule has 1 fully saturated rings. The van der Waals surface area contributed by atoms with Crippen LogP contribution in [0.2, 0.25) is 10.0 Å². The summed E-state index contributed by atoms with van der Waals surface area (Å²) >= 11 is 12.5. The van der Waals surface area contributed by atoms with E-state index in [1.54, 1.807) is 52.8 Å². The highest BCUT2D eigenvalue weighted by molar-refractivity contribution is 6.42. The Morgan fingerprint density at radius 2 is 1.45 bits per heavy atom. The van der Waals surface area contributed by atoms with Crippen molar-refractivity contribution in [3.63, 3.8) is 0 Å². The van der Waals surface area contributed by atoms with Gasteiger partial charge in [-0.2, -0.15) is 0 Å². The number of nitrogens with one attached hydrogen (secondary N) is 2. The van der Waals surface area contributed by atoms with E-state index in [0.717, 1.165) is 5.56 Å². The molecule has 0 spiro atoms. The van der Waals surface area contributed by atoms with Crippen LogP contribution < -0.4 is 10.6 Å². The Balaban J connectivity index is 0.000000351. The minimum atomic E-state index is -1.26. The number of esters is 3. The molecule has 2 aromatic carbocycles. The normalized spacial score (nSPS) is 16.9. The summed E-state index contributed by atoms with van der Waals surface area (Å²) in [5.41, 5.74) is 3.40. The second-order valence-electron chi connectivity index (χ2n) is 13.2. The van der Waals surface area contributed by atoms with Crippen LogP contribution in [-0.4, -0.2) is 107 Å². The molecule has 0 aromatic heterocycles. The quantitative estimate of drug-likeness (QED) is 0.0870. The molecule has 2 heterocycles. The molecule has 1 unspecified atom stereocenters. The largest absolute Gasteiger partial charge is 0.480 e. The molecule has 326 valence electrons. The predicted molar refractivity (Wildman–Crippen MR) is 221 cm³/mol. The van der Waals surface area contributed by atoms with Crippen LogP contribution in [0.4, 0.5) is 0 Å². The summed E-state index contributed by atoms with van der Waals surface area (Å²) in [5, 5.41) is 31.6. The summed E-state index contributed by atoms with van der Waals surface area (Å²) in [6.07, 6.45) is 3.40. The molecule has 4 atom stereocenters. The molecule has 1 saturated heterocycles. The molecule has 60 heavy (non-hydrogen) atoms. The zero-order valence-corrected chi connectivity index (χ0v) is 35.7. The molecule has 0 bridgehead atoms. The lowest BCUT2D eigenvalue weighted by atomic mass is 9.80. The molecule has 2 aliphatic rings. The number of likely N-dealkylation sites (tertiary alicyclic amines) is 1. The summed E-state index contributed by atoms with van der Waals surface area (Å²) in [6.45, 7) is 9.50. The number of carbonyl (C=O) groups excluding carboxylic acids is 4. The second-order valence-corrected chi connectivity index (χ2v) is 14.0. The van der Waals surface area contributed by atoms with Gasteiger partial charge in [0, 0.05) is 30.1 Å². The van der Waals surface area contributed by atoms with Gasteiger partial charge in [0.2, 0.25) is 5.91 Å². The SMILES string of the molecule is CCOC(=O)C1=C(C)NC(C)=C(C(=O)OC)C1c1cccc(Cl)c1Cl.CCOC(=O)[C@H](CCc1ccccc1)N[C@@H](C)C(=O)N1CCC[C@H]1C(=O)O.O=C(O)/C=C\C(=O)O. The van der Waals surface area contributed by atoms with Gasteiger partial charge in [-0.3, -0.25) is 14.9 Å². The van der Waals surface area contributed by atoms with Crippen molar-refractivity contribution < 1.29 is 63.1 Å². The first-order valence-electron chi connectivity index (χ1n) is 18.9. The number of aryl methyl sites for hydroxylation is 1. The molecule has 18 heteroatoms. The highest BCUT2D eigenvalue weighted by atomic mass is 35.5. The first-order valence-corrected chi connectivity index (χ1v) is 19.7. The Hall–Kier alpha value is -5.71. The van der Waals surface area contributed by atoms with Gasteiger partial charge in [0.1, 0.15) is 12.1 Å². The zero-order chi connectivity index (χ0) is 45.1. The standard InChI is InChI=1S/C20H28N2O5.C18H19Cl2NO4.C4H4O4/c1-3-27-20(26)16(12-11-15-8-5-4-6-9-15)21-14(2)18(23)22-13-7-10-17(22)19(24)25;1-5-25-18(23)14-10(3)21-9(2)13(17(22)24-4)15(14)11-7-6-8-12(19)16(11)20;5-3(6)1-2-4(7)8/h4-6,8-9,14,16-17,21H,3,7,10-13H2,1-2H3,(H,24,25);6-8,15,21H,5H2,1-4H3;1-2H,(H,5,6)(H,7,8)/b;;2-1-/t14-,16-,17-;;/m0../s1. The Morgan fingerprint density at radius 1 is 0.867 bits per heavy atom. The van der Waals surface area contributed by atoms with Crippen LogP contribution in [0.3, 0.4) is 0 Å². The van der Waals surface area contributed by atoms with Gasteiger partial charge < -0.3 is 39.7 Å². The fraction of sp³-hybridized carbons (Fsp3) is 0.405. The van der Waals surface area contributed by atoms with E-state index in [1.807, 2.05) is 30.3 Å². The highest BCUT2D eigenvalue weighted by Gasteiger charge is 2.39. The molecule has 1 amide bonds. The number of ether oxygens (including phenoxy) is 3. The average molecular weight is 877 g/mol. The molecule has 0 radical (unpaired) electrons. The van der Waals surface area contributed by atoms with E-state index in [-0.39, 0.29) is 24.1 Å². The van der Waals surface area contributed by atoms with E-state index >= 15 is 0 Å².